The van der Waals surface area contributed by atoms with Crippen LogP contribution in [-0.2, 0) is 0 Å². The van der Waals surface area contributed by atoms with Crippen LogP contribution in [-0.4, -0.2) is 13.2 Å². The molecule has 1 aromatic heterocycles. The predicted octanol–water partition coefficient (Wildman–Crippen LogP) is 4.81. The summed E-state index contributed by atoms with van der Waals surface area (Å²) in [4.78, 5) is 1.12. The summed E-state index contributed by atoms with van der Waals surface area (Å²) < 4.78 is 30.1. The molecule has 1 unspecified atom stereocenters. The zero-order valence-corrected chi connectivity index (χ0v) is 13.2. The molecule has 0 fully saturated rings. The molecule has 0 saturated carbocycles. The Morgan fingerprint density at radius 1 is 1.30 bits per heavy atom. The molecule has 6 heteroatoms. The van der Waals surface area contributed by atoms with Gasteiger partial charge in [-0.2, -0.15) is 8.78 Å². The number of thiophene rings is 1. The Kier molecular flexibility index (Phi) is 5.51. The summed E-state index contributed by atoms with van der Waals surface area (Å²) in [7, 11) is 0. The Morgan fingerprint density at radius 2 is 2.10 bits per heavy atom. The fourth-order valence-electron chi connectivity index (χ4n) is 1.94. The first-order chi connectivity index (χ1) is 9.60. The number of hydrogen-bond acceptors (Lipinski definition) is 3. The van der Waals surface area contributed by atoms with Crippen LogP contribution in [0.15, 0.2) is 40.2 Å². The molecule has 108 valence electrons. The molecular weight excluding hydrogens is 348 g/mol. The van der Waals surface area contributed by atoms with Crippen molar-refractivity contribution in [2.45, 2.75) is 19.6 Å². The second kappa shape index (κ2) is 7.15. The van der Waals surface area contributed by atoms with E-state index in [-0.39, 0.29) is 11.8 Å². The van der Waals surface area contributed by atoms with Crippen molar-refractivity contribution < 1.29 is 13.5 Å². The van der Waals surface area contributed by atoms with E-state index < -0.39 is 6.61 Å². The Morgan fingerprint density at radius 3 is 2.70 bits per heavy atom. The zero-order valence-electron chi connectivity index (χ0n) is 10.8. The first-order valence-corrected chi connectivity index (χ1v) is 7.74. The molecule has 2 nitrogen and oxygen atoms in total. The first-order valence-electron chi connectivity index (χ1n) is 6.13. The van der Waals surface area contributed by atoms with Crippen LogP contribution in [0.3, 0.4) is 0 Å². The van der Waals surface area contributed by atoms with Gasteiger partial charge in [0.25, 0.3) is 0 Å². The van der Waals surface area contributed by atoms with Crippen LogP contribution < -0.4 is 10.1 Å². The summed E-state index contributed by atoms with van der Waals surface area (Å²) >= 11 is 5.05. The SMILES string of the molecule is CCNC(c1cccc(OC(F)F)c1)c1ccc(Br)s1. The van der Waals surface area contributed by atoms with Crippen LogP contribution in [0.1, 0.15) is 23.4 Å². The Bertz CT molecular complexity index is 562. The Hall–Kier alpha value is -0.980. The lowest BCUT2D eigenvalue weighted by Gasteiger charge is -2.18. The largest absolute Gasteiger partial charge is 0.435 e. The summed E-state index contributed by atoms with van der Waals surface area (Å²) in [5, 5.41) is 3.36. The zero-order chi connectivity index (χ0) is 14.5. The van der Waals surface area contributed by atoms with Crippen LogP contribution in [0, 0.1) is 0 Å². The standard InChI is InChI=1S/C14H14BrF2NOS/c1-2-18-13(11-6-7-12(15)20-11)9-4-3-5-10(8-9)19-14(16)17/h3-8,13-14,18H,2H2,1H3. The van der Waals surface area contributed by atoms with Crippen LogP contribution in [0.5, 0.6) is 5.75 Å². The van der Waals surface area contributed by atoms with Gasteiger partial charge in [-0.05, 0) is 52.3 Å². The summed E-state index contributed by atoms with van der Waals surface area (Å²) in [6, 6.07) is 10.8. The lowest BCUT2D eigenvalue weighted by Crippen LogP contribution is -2.21. The van der Waals surface area contributed by atoms with E-state index in [0.717, 1.165) is 20.8 Å². The van der Waals surface area contributed by atoms with Gasteiger partial charge in [0.05, 0.1) is 9.83 Å². The maximum absolute atomic E-state index is 12.3. The van der Waals surface area contributed by atoms with E-state index >= 15 is 0 Å². The van der Waals surface area contributed by atoms with E-state index in [1.807, 2.05) is 25.1 Å². The van der Waals surface area contributed by atoms with Crippen molar-refractivity contribution >= 4 is 27.3 Å². The number of alkyl halides is 2. The van der Waals surface area contributed by atoms with Crippen LogP contribution in [0.25, 0.3) is 0 Å². The molecule has 0 spiro atoms. The molecule has 0 aliphatic carbocycles. The minimum absolute atomic E-state index is 0.0301. The number of hydrogen-bond donors (Lipinski definition) is 1. The van der Waals surface area contributed by atoms with E-state index in [1.54, 1.807) is 23.5 Å². The van der Waals surface area contributed by atoms with Crippen LogP contribution >= 0.6 is 27.3 Å². The average molecular weight is 362 g/mol. The highest BCUT2D eigenvalue weighted by Crippen LogP contribution is 2.32. The van der Waals surface area contributed by atoms with Gasteiger partial charge in [-0.1, -0.05) is 19.1 Å². The lowest BCUT2D eigenvalue weighted by atomic mass is 10.1. The van der Waals surface area contributed by atoms with Crippen molar-refractivity contribution in [1.82, 2.24) is 5.32 Å². The molecule has 0 aliphatic rings. The number of ether oxygens (including phenoxy) is 1. The van der Waals surface area contributed by atoms with E-state index in [4.69, 9.17) is 0 Å². The molecule has 1 N–H and O–H groups in total. The summed E-state index contributed by atoms with van der Waals surface area (Å²) in [6.45, 7) is -0.0198. The smallest absolute Gasteiger partial charge is 0.387 e. The third kappa shape index (κ3) is 4.01. The molecule has 0 radical (unpaired) electrons. The second-order valence-corrected chi connectivity index (χ2v) is 6.58. The van der Waals surface area contributed by atoms with E-state index in [0.29, 0.717) is 0 Å². The van der Waals surface area contributed by atoms with Crippen LogP contribution in [0.2, 0.25) is 0 Å². The normalized spacial score (nSPS) is 12.7. The third-order valence-electron chi connectivity index (χ3n) is 2.70. The molecule has 0 bridgehead atoms. The topological polar surface area (TPSA) is 21.3 Å². The van der Waals surface area contributed by atoms with Gasteiger partial charge in [-0.15, -0.1) is 11.3 Å². The summed E-state index contributed by atoms with van der Waals surface area (Å²) in [5.41, 5.74) is 0.902. The fourth-order valence-corrected chi connectivity index (χ4v) is 3.47. The number of nitrogens with one attached hydrogen (secondary N) is 1. The number of rotatable bonds is 6. The monoisotopic (exact) mass is 361 g/mol. The van der Waals surface area contributed by atoms with Crippen molar-refractivity contribution in [3.8, 4) is 5.75 Å². The third-order valence-corrected chi connectivity index (χ3v) is 4.39. The number of halogens is 3. The van der Waals surface area contributed by atoms with E-state index in [2.05, 4.69) is 26.0 Å². The molecular formula is C14H14BrF2NOS. The molecule has 1 atom stereocenters. The molecule has 0 saturated heterocycles. The summed E-state index contributed by atoms with van der Waals surface area (Å²) in [6.07, 6.45) is 0. The quantitative estimate of drug-likeness (QED) is 0.796. The van der Waals surface area contributed by atoms with Gasteiger partial charge in [-0.3, -0.25) is 0 Å². The van der Waals surface area contributed by atoms with E-state index in [1.165, 1.54) is 6.07 Å². The minimum Gasteiger partial charge on any atom is -0.435 e. The highest BCUT2D eigenvalue weighted by atomic mass is 79.9. The van der Waals surface area contributed by atoms with Gasteiger partial charge in [0, 0.05) is 4.88 Å². The summed E-state index contributed by atoms with van der Waals surface area (Å²) in [5.74, 6) is 0.177. The molecule has 0 aliphatic heterocycles. The van der Waals surface area contributed by atoms with Gasteiger partial charge in [-0.25, -0.2) is 0 Å². The molecule has 2 aromatic rings. The van der Waals surface area contributed by atoms with Crippen LogP contribution in [0.4, 0.5) is 8.78 Å². The van der Waals surface area contributed by atoms with Gasteiger partial charge in [0.15, 0.2) is 0 Å². The minimum atomic E-state index is -2.81. The van der Waals surface area contributed by atoms with Gasteiger partial charge >= 0.3 is 6.61 Å². The lowest BCUT2D eigenvalue weighted by molar-refractivity contribution is -0.0498. The highest BCUT2D eigenvalue weighted by molar-refractivity contribution is 9.11. The maximum atomic E-state index is 12.3. The van der Waals surface area contributed by atoms with E-state index in [9.17, 15) is 8.78 Å². The fraction of sp³-hybridized carbons (Fsp3) is 0.286. The van der Waals surface area contributed by atoms with Gasteiger partial charge in [0.1, 0.15) is 5.75 Å². The van der Waals surface area contributed by atoms with Crippen molar-refractivity contribution in [3.63, 3.8) is 0 Å². The molecule has 1 aromatic carbocycles. The maximum Gasteiger partial charge on any atom is 0.387 e. The Balaban J connectivity index is 2.29. The van der Waals surface area contributed by atoms with Crippen molar-refractivity contribution in [2.24, 2.45) is 0 Å². The van der Waals surface area contributed by atoms with Gasteiger partial charge in [0.2, 0.25) is 0 Å². The van der Waals surface area contributed by atoms with Crippen molar-refractivity contribution in [1.29, 1.82) is 0 Å². The predicted molar refractivity (Wildman–Crippen MR) is 80.6 cm³/mol. The van der Waals surface area contributed by atoms with Gasteiger partial charge < -0.3 is 10.1 Å². The molecule has 1 heterocycles. The first kappa shape index (κ1) is 15.4. The molecule has 2 rings (SSSR count). The Labute approximate surface area is 128 Å². The van der Waals surface area contributed by atoms with Crippen molar-refractivity contribution in [3.05, 3.63) is 50.6 Å². The molecule has 20 heavy (non-hydrogen) atoms. The average Bonchev–Trinajstić information content (AvgIpc) is 2.82. The number of benzene rings is 1. The van der Waals surface area contributed by atoms with Crippen molar-refractivity contribution in [2.75, 3.05) is 6.54 Å². The highest BCUT2D eigenvalue weighted by Gasteiger charge is 2.16. The second-order valence-electron chi connectivity index (χ2n) is 4.08. The molecule has 0 amide bonds.